The number of nitrogens with zero attached hydrogens (tertiary/aromatic N) is 4. The van der Waals surface area contributed by atoms with Crippen molar-refractivity contribution in [2.24, 2.45) is 0 Å². The number of hydrogen-bond acceptors (Lipinski definition) is 3. The Balaban J connectivity index is 2.40. The first-order valence-electron chi connectivity index (χ1n) is 8.33. The highest BCUT2D eigenvalue weighted by molar-refractivity contribution is 5.71. The predicted octanol–water partition coefficient (Wildman–Crippen LogP) is 4.81. The van der Waals surface area contributed by atoms with Crippen molar-refractivity contribution in [3.63, 3.8) is 0 Å². The third-order valence-electron chi connectivity index (χ3n) is 4.42. The van der Waals surface area contributed by atoms with Crippen LogP contribution >= 0.6 is 0 Å². The molecule has 0 amide bonds. The molecule has 1 unspecified atom stereocenters. The summed E-state index contributed by atoms with van der Waals surface area (Å²) in [5, 5.41) is 4.20. The lowest BCUT2D eigenvalue weighted by Gasteiger charge is -2.21. The van der Waals surface area contributed by atoms with E-state index in [1.54, 1.807) is 6.92 Å². The van der Waals surface area contributed by atoms with E-state index in [1.165, 1.54) is 10.8 Å². The van der Waals surface area contributed by atoms with Crippen molar-refractivity contribution in [3.05, 3.63) is 47.3 Å². The summed E-state index contributed by atoms with van der Waals surface area (Å²) in [7, 11) is 0. The molecule has 0 aliphatic carbocycles. The smallest absolute Gasteiger partial charge is 0.216 e. The molecule has 0 aliphatic heterocycles. The Bertz CT molecular complexity index is 897. The Morgan fingerprint density at radius 3 is 2.36 bits per heavy atom. The van der Waals surface area contributed by atoms with Gasteiger partial charge in [0.1, 0.15) is 23.8 Å². The van der Waals surface area contributed by atoms with Crippen molar-refractivity contribution in [2.45, 2.75) is 46.0 Å². The predicted molar refractivity (Wildman–Crippen MR) is 88.8 cm³/mol. The van der Waals surface area contributed by atoms with Crippen molar-refractivity contribution in [3.8, 4) is 11.1 Å². The standard InChI is InChI=1S/C18H19F3N4/c1-4-6-11(5-2)17-15(10(3)24-18-22-9-23-25(17)18)16-13(20)7-12(19)8-14(16)21/h7-9,11H,4-6H2,1-3H3. The van der Waals surface area contributed by atoms with E-state index in [4.69, 9.17) is 0 Å². The van der Waals surface area contributed by atoms with Crippen molar-refractivity contribution >= 4 is 5.78 Å². The average molecular weight is 348 g/mol. The quantitative estimate of drug-likeness (QED) is 0.664. The van der Waals surface area contributed by atoms with Crippen LogP contribution in [0.15, 0.2) is 18.5 Å². The molecule has 25 heavy (non-hydrogen) atoms. The number of halogens is 3. The minimum Gasteiger partial charge on any atom is -0.216 e. The maximum absolute atomic E-state index is 14.5. The first-order chi connectivity index (χ1) is 12.0. The summed E-state index contributed by atoms with van der Waals surface area (Å²) in [5.74, 6) is -2.44. The van der Waals surface area contributed by atoms with Crippen LogP contribution in [-0.4, -0.2) is 19.6 Å². The largest absolute Gasteiger partial charge is 0.252 e. The summed E-state index contributed by atoms with van der Waals surface area (Å²) in [4.78, 5) is 8.42. The van der Waals surface area contributed by atoms with Gasteiger partial charge in [-0.2, -0.15) is 10.1 Å². The molecule has 3 aromatic rings. The molecule has 1 aromatic carbocycles. The molecule has 0 radical (unpaired) electrons. The van der Waals surface area contributed by atoms with Gasteiger partial charge in [0, 0.05) is 23.6 Å². The van der Waals surface area contributed by atoms with E-state index in [1.807, 2.05) is 13.8 Å². The summed E-state index contributed by atoms with van der Waals surface area (Å²) >= 11 is 0. The first-order valence-corrected chi connectivity index (χ1v) is 8.33. The summed E-state index contributed by atoms with van der Waals surface area (Å²) < 4.78 is 43.9. The Morgan fingerprint density at radius 2 is 1.76 bits per heavy atom. The second kappa shape index (κ2) is 6.82. The van der Waals surface area contributed by atoms with Crippen LogP contribution < -0.4 is 0 Å². The van der Waals surface area contributed by atoms with Crippen molar-refractivity contribution < 1.29 is 13.2 Å². The first kappa shape index (κ1) is 17.4. The third kappa shape index (κ3) is 2.99. The number of rotatable bonds is 5. The zero-order chi connectivity index (χ0) is 18.1. The van der Waals surface area contributed by atoms with E-state index < -0.39 is 17.5 Å². The SMILES string of the molecule is CCCC(CC)c1c(-c2c(F)cc(F)cc2F)c(C)nc2ncnn12. The highest BCUT2D eigenvalue weighted by Crippen LogP contribution is 2.38. The zero-order valence-corrected chi connectivity index (χ0v) is 14.4. The van der Waals surface area contributed by atoms with Crippen LogP contribution in [0.4, 0.5) is 13.2 Å². The van der Waals surface area contributed by atoms with Gasteiger partial charge in [-0.3, -0.25) is 0 Å². The molecule has 7 heteroatoms. The van der Waals surface area contributed by atoms with Crippen LogP contribution in [0, 0.1) is 24.4 Å². The molecule has 0 saturated carbocycles. The number of aryl methyl sites for hydroxylation is 1. The second-order valence-corrected chi connectivity index (χ2v) is 6.07. The number of aromatic nitrogens is 4. The van der Waals surface area contributed by atoms with Crippen LogP contribution in [0.3, 0.4) is 0 Å². The van der Waals surface area contributed by atoms with Gasteiger partial charge < -0.3 is 0 Å². The molecule has 0 saturated heterocycles. The topological polar surface area (TPSA) is 43.1 Å². The Morgan fingerprint density at radius 1 is 1.08 bits per heavy atom. The summed E-state index contributed by atoms with van der Waals surface area (Å²) in [6.45, 7) is 5.74. The zero-order valence-electron chi connectivity index (χ0n) is 14.4. The van der Waals surface area contributed by atoms with Crippen LogP contribution in [0.1, 0.15) is 50.4 Å². The van der Waals surface area contributed by atoms with Gasteiger partial charge in [-0.05, 0) is 19.8 Å². The van der Waals surface area contributed by atoms with Crippen LogP contribution in [-0.2, 0) is 0 Å². The van der Waals surface area contributed by atoms with E-state index in [-0.39, 0.29) is 11.5 Å². The summed E-state index contributed by atoms with van der Waals surface area (Å²) in [6, 6.07) is 1.38. The Kier molecular flexibility index (Phi) is 4.74. The summed E-state index contributed by atoms with van der Waals surface area (Å²) in [6.07, 6.45) is 3.87. The molecule has 3 rings (SSSR count). The van der Waals surface area contributed by atoms with E-state index in [0.29, 0.717) is 34.9 Å². The second-order valence-electron chi connectivity index (χ2n) is 6.07. The highest BCUT2D eigenvalue weighted by atomic mass is 19.1. The molecule has 2 aromatic heterocycles. The van der Waals surface area contributed by atoms with Gasteiger partial charge in [0.15, 0.2) is 0 Å². The maximum Gasteiger partial charge on any atom is 0.252 e. The van der Waals surface area contributed by atoms with Crippen molar-refractivity contribution in [1.29, 1.82) is 0 Å². The molecule has 2 heterocycles. The molecule has 0 aliphatic rings. The summed E-state index contributed by atoms with van der Waals surface area (Å²) in [5.41, 5.74) is 1.16. The molecule has 1 atom stereocenters. The average Bonchev–Trinajstić information content (AvgIpc) is 3.00. The fourth-order valence-electron chi connectivity index (χ4n) is 3.33. The van der Waals surface area contributed by atoms with Crippen LogP contribution in [0.5, 0.6) is 0 Å². The van der Waals surface area contributed by atoms with Gasteiger partial charge in [-0.25, -0.2) is 22.7 Å². The third-order valence-corrected chi connectivity index (χ3v) is 4.42. The fraction of sp³-hybridized carbons (Fsp3) is 0.389. The van der Waals surface area contributed by atoms with Crippen molar-refractivity contribution in [1.82, 2.24) is 19.6 Å². The van der Waals surface area contributed by atoms with Gasteiger partial charge in [0.25, 0.3) is 5.78 Å². The molecule has 0 bridgehead atoms. The maximum atomic E-state index is 14.5. The fourth-order valence-corrected chi connectivity index (χ4v) is 3.33. The molecule has 132 valence electrons. The lowest BCUT2D eigenvalue weighted by Crippen LogP contribution is -2.13. The van der Waals surface area contributed by atoms with Gasteiger partial charge in [-0.1, -0.05) is 20.3 Å². The van der Waals surface area contributed by atoms with Crippen molar-refractivity contribution in [2.75, 3.05) is 0 Å². The molecular weight excluding hydrogens is 329 g/mol. The van der Waals surface area contributed by atoms with Gasteiger partial charge in [0.2, 0.25) is 0 Å². The monoisotopic (exact) mass is 348 g/mol. The van der Waals surface area contributed by atoms with E-state index in [2.05, 4.69) is 15.1 Å². The van der Waals surface area contributed by atoms with E-state index in [0.717, 1.165) is 19.3 Å². The molecule has 0 N–H and O–H groups in total. The number of fused-ring (bicyclic) bond motifs is 1. The Hall–Kier alpha value is -2.44. The minimum absolute atomic E-state index is 0.0229. The lowest BCUT2D eigenvalue weighted by atomic mass is 9.89. The van der Waals surface area contributed by atoms with Crippen LogP contribution in [0.25, 0.3) is 16.9 Å². The molecule has 0 spiro atoms. The van der Waals surface area contributed by atoms with E-state index in [9.17, 15) is 13.2 Å². The van der Waals surface area contributed by atoms with Crippen LogP contribution in [0.2, 0.25) is 0 Å². The minimum atomic E-state index is -0.951. The number of hydrogen-bond donors (Lipinski definition) is 0. The highest BCUT2D eigenvalue weighted by Gasteiger charge is 2.26. The van der Waals surface area contributed by atoms with E-state index >= 15 is 0 Å². The normalized spacial score (nSPS) is 12.7. The molecule has 4 nitrogen and oxygen atoms in total. The lowest BCUT2D eigenvalue weighted by molar-refractivity contribution is 0.542. The Labute approximate surface area is 143 Å². The number of benzene rings is 1. The van der Waals surface area contributed by atoms with Gasteiger partial charge >= 0.3 is 0 Å². The molecular formula is C18H19F3N4. The molecule has 0 fully saturated rings. The van der Waals surface area contributed by atoms with Gasteiger partial charge in [0.05, 0.1) is 17.0 Å². The van der Waals surface area contributed by atoms with Gasteiger partial charge in [-0.15, -0.1) is 0 Å².